The number of rotatable bonds is 3. The van der Waals surface area contributed by atoms with Crippen molar-refractivity contribution in [2.24, 2.45) is 5.92 Å². The summed E-state index contributed by atoms with van der Waals surface area (Å²) in [5.41, 5.74) is -1.61. The van der Waals surface area contributed by atoms with Gasteiger partial charge >= 0.3 is 6.18 Å². The van der Waals surface area contributed by atoms with Crippen LogP contribution in [0.15, 0.2) is 12.1 Å². The van der Waals surface area contributed by atoms with Crippen LogP contribution in [0.25, 0.3) is 0 Å². The van der Waals surface area contributed by atoms with Crippen molar-refractivity contribution in [3.63, 3.8) is 0 Å². The maximum Gasteiger partial charge on any atom is 0.419 e. The second-order valence-electron chi connectivity index (χ2n) is 9.30. The van der Waals surface area contributed by atoms with Crippen molar-refractivity contribution in [3.05, 3.63) is 28.8 Å². The molecule has 7 heteroatoms. The minimum absolute atomic E-state index is 0.0967. The van der Waals surface area contributed by atoms with E-state index in [1.165, 1.54) is 18.9 Å². The van der Waals surface area contributed by atoms with Gasteiger partial charge in [0.25, 0.3) is 0 Å². The van der Waals surface area contributed by atoms with Crippen LogP contribution in [0.5, 0.6) is 5.75 Å². The van der Waals surface area contributed by atoms with Crippen LogP contribution in [0.2, 0.25) is 0 Å². The topological polar surface area (TPSA) is 55.7 Å². The van der Waals surface area contributed by atoms with E-state index in [4.69, 9.17) is 0 Å². The van der Waals surface area contributed by atoms with Gasteiger partial charge in [-0.3, -0.25) is 4.90 Å². The molecule has 2 saturated heterocycles. The summed E-state index contributed by atoms with van der Waals surface area (Å²) < 4.78 is 39.9. The van der Waals surface area contributed by atoms with Gasteiger partial charge in [0.05, 0.1) is 11.2 Å². The predicted molar refractivity (Wildman–Crippen MR) is 105 cm³/mol. The van der Waals surface area contributed by atoms with Gasteiger partial charge in [-0.25, -0.2) is 0 Å². The zero-order valence-corrected chi connectivity index (χ0v) is 17.1. The first-order valence-electron chi connectivity index (χ1n) is 10.7. The second-order valence-corrected chi connectivity index (χ2v) is 9.30. The largest absolute Gasteiger partial charge is 0.507 e. The standard InChI is InChI=1S/C22H31F3N2O2/c1-14-11-18(22(23,24)25)19(28)12-17(14)20-5-8-26-9-6-21(20,29)15(2)27(10-7-20)13-16-3-4-16/h11-12,15-16,26,28-29H,3-10,13H2,1-2H3. The van der Waals surface area contributed by atoms with Crippen LogP contribution in [0, 0.1) is 12.8 Å². The van der Waals surface area contributed by atoms with Crippen LogP contribution in [0.1, 0.15) is 55.7 Å². The Hall–Kier alpha value is -1.31. The number of fused-ring (bicyclic) bond motifs is 1. The van der Waals surface area contributed by atoms with Crippen LogP contribution in [0.3, 0.4) is 0 Å². The first kappa shape index (κ1) is 20.9. The predicted octanol–water partition coefficient (Wildman–Crippen LogP) is 3.58. The van der Waals surface area contributed by atoms with E-state index in [1.807, 2.05) is 0 Å². The minimum atomic E-state index is -4.60. The number of aryl methyl sites for hydroxylation is 1. The highest BCUT2D eigenvalue weighted by Crippen LogP contribution is 2.53. The summed E-state index contributed by atoms with van der Waals surface area (Å²) in [5.74, 6) is -0.0469. The van der Waals surface area contributed by atoms with Gasteiger partial charge in [0.15, 0.2) is 0 Å². The molecule has 1 aromatic carbocycles. The van der Waals surface area contributed by atoms with E-state index in [2.05, 4.69) is 17.1 Å². The van der Waals surface area contributed by atoms with E-state index in [-0.39, 0.29) is 6.04 Å². The molecule has 3 unspecified atom stereocenters. The number of phenols is 1. The number of piperidine rings is 1. The number of phenolic OH excluding ortho intramolecular Hbond substituents is 1. The van der Waals surface area contributed by atoms with Crippen molar-refractivity contribution in [1.82, 2.24) is 10.2 Å². The van der Waals surface area contributed by atoms with E-state index in [0.29, 0.717) is 49.4 Å². The second kappa shape index (κ2) is 7.13. The average molecular weight is 412 g/mol. The molecule has 2 aliphatic heterocycles. The third kappa shape index (κ3) is 3.45. The molecule has 3 fully saturated rings. The summed E-state index contributed by atoms with van der Waals surface area (Å²) in [6.07, 6.45) is -0.283. The van der Waals surface area contributed by atoms with Gasteiger partial charge < -0.3 is 15.5 Å². The third-order valence-electron chi connectivity index (χ3n) is 7.66. The normalized spacial score (nSPS) is 33.9. The van der Waals surface area contributed by atoms with E-state index >= 15 is 0 Å². The Morgan fingerprint density at radius 1 is 1.17 bits per heavy atom. The number of aromatic hydroxyl groups is 1. The quantitative estimate of drug-likeness (QED) is 0.711. The number of nitrogens with one attached hydrogen (secondary N) is 1. The van der Waals surface area contributed by atoms with Gasteiger partial charge in [-0.1, -0.05) is 0 Å². The molecule has 1 aromatic rings. The van der Waals surface area contributed by atoms with E-state index < -0.39 is 28.5 Å². The lowest BCUT2D eigenvalue weighted by Gasteiger charge is -2.58. The molecule has 1 saturated carbocycles. The Bertz CT molecular complexity index is 780. The number of nitrogens with zero attached hydrogens (tertiary/aromatic N) is 1. The smallest absolute Gasteiger partial charge is 0.419 e. The summed E-state index contributed by atoms with van der Waals surface area (Å²) in [6, 6.07) is 2.22. The molecule has 4 nitrogen and oxygen atoms in total. The number of hydrogen-bond acceptors (Lipinski definition) is 4. The minimum Gasteiger partial charge on any atom is -0.507 e. The fraction of sp³-hybridized carbons (Fsp3) is 0.727. The van der Waals surface area contributed by atoms with Gasteiger partial charge in [-0.05, 0) is 94.8 Å². The maximum atomic E-state index is 13.3. The van der Waals surface area contributed by atoms with Crippen molar-refractivity contribution in [1.29, 1.82) is 0 Å². The van der Waals surface area contributed by atoms with Crippen LogP contribution < -0.4 is 5.32 Å². The third-order valence-corrected chi connectivity index (χ3v) is 7.66. The maximum absolute atomic E-state index is 13.3. The molecule has 3 aliphatic rings. The highest BCUT2D eigenvalue weighted by atomic mass is 19.4. The summed E-state index contributed by atoms with van der Waals surface area (Å²) in [7, 11) is 0. The molecule has 4 rings (SSSR count). The summed E-state index contributed by atoms with van der Waals surface area (Å²) in [4.78, 5) is 2.36. The molecular weight excluding hydrogens is 381 g/mol. The summed E-state index contributed by atoms with van der Waals surface area (Å²) in [5, 5.41) is 25.7. The fourth-order valence-electron chi connectivity index (χ4n) is 5.76. The van der Waals surface area contributed by atoms with Crippen molar-refractivity contribution in [2.45, 2.75) is 69.2 Å². The summed E-state index contributed by atoms with van der Waals surface area (Å²) >= 11 is 0. The molecular formula is C22H31F3N2O2. The van der Waals surface area contributed by atoms with Crippen molar-refractivity contribution < 1.29 is 23.4 Å². The monoisotopic (exact) mass is 412 g/mol. The Labute approximate surface area is 170 Å². The van der Waals surface area contributed by atoms with Crippen LogP contribution in [0.4, 0.5) is 13.2 Å². The Kier molecular flexibility index (Phi) is 5.15. The highest BCUT2D eigenvalue weighted by Gasteiger charge is 2.59. The molecule has 0 spiro atoms. The van der Waals surface area contributed by atoms with E-state index in [1.54, 1.807) is 6.92 Å². The van der Waals surface area contributed by atoms with Crippen molar-refractivity contribution in [3.8, 4) is 5.75 Å². The number of hydrogen-bond donors (Lipinski definition) is 3. The fourth-order valence-corrected chi connectivity index (χ4v) is 5.76. The molecule has 0 radical (unpaired) electrons. The van der Waals surface area contributed by atoms with Gasteiger partial charge in [-0.15, -0.1) is 0 Å². The molecule has 2 heterocycles. The van der Waals surface area contributed by atoms with Crippen molar-refractivity contribution >= 4 is 0 Å². The molecule has 0 bridgehead atoms. The lowest BCUT2D eigenvalue weighted by atomic mass is 9.57. The van der Waals surface area contributed by atoms with Crippen LogP contribution >= 0.6 is 0 Å². The molecule has 29 heavy (non-hydrogen) atoms. The van der Waals surface area contributed by atoms with Gasteiger partial charge in [0, 0.05) is 18.0 Å². The molecule has 0 amide bonds. The van der Waals surface area contributed by atoms with E-state index in [0.717, 1.165) is 19.2 Å². The highest BCUT2D eigenvalue weighted by molar-refractivity contribution is 5.48. The average Bonchev–Trinajstić information content (AvgIpc) is 3.47. The Morgan fingerprint density at radius 3 is 2.52 bits per heavy atom. The first-order valence-corrected chi connectivity index (χ1v) is 10.7. The Morgan fingerprint density at radius 2 is 1.86 bits per heavy atom. The zero-order valence-electron chi connectivity index (χ0n) is 17.1. The lowest BCUT2D eigenvalue weighted by molar-refractivity contribution is -0.139. The molecule has 3 N–H and O–H groups in total. The van der Waals surface area contributed by atoms with Crippen LogP contribution in [-0.2, 0) is 11.6 Å². The number of alkyl halides is 3. The SMILES string of the molecule is Cc1cc(C(F)(F)F)c(O)cc1C12CCNCCC1(O)C(C)N(CC1CC1)CC2. The van der Waals surface area contributed by atoms with Crippen molar-refractivity contribution in [2.75, 3.05) is 26.2 Å². The van der Waals surface area contributed by atoms with Gasteiger partial charge in [0.1, 0.15) is 5.75 Å². The van der Waals surface area contributed by atoms with Crippen LogP contribution in [-0.4, -0.2) is 52.9 Å². The van der Waals surface area contributed by atoms with Gasteiger partial charge in [0.2, 0.25) is 0 Å². The first-order chi connectivity index (χ1) is 13.6. The Balaban J connectivity index is 1.80. The molecule has 3 atom stereocenters. The van der Waals surface area contributed by atoms with E-state index in [9.17, 15) is 23.4 Å². The van der Waals surface area contributed by atoms with Gasteiger partial charge in [-0.2, -0.15) is 13.2 Å². The number of likely N-dealkylation sites (tertiary alicyclic amines) is 1. The molecule has 0 aromatic heterocycles. The number of halogens is 3. The number of benzene rings is 1. The number of aliphatic hydroxyl groups is 1. The lowest BCUT2D eigenvalue weighted by Crippen LogP contribution is -2.68. The summed E-state index contributed by atoms with van der Waals surface area (Å²) in [6.45, 7) is 6.87. The molecule has 1 aliphatic carbocycles. The zero-order chi connectivity index (χ0) is 21.0. The molecule has 162 valence electrons.